The number of carbonyl (C=O) groups is 2. The van der Waals surface area contributed by atoms with Crippen molar-refractivity contribution in [2.24, 2.45) is 21.1 Å². The fourth-order valence-electron chi connectivity index (χ4n) is 4.60. The number of hydrogen-bond acceptors (Lipinski definition) is 5. The van der Waals surface area contributed by atoms with Crippen LogP contribution in [0.15, 0.2) is 32.9 Å². The van der Waals surface area contributed by atoms with Crippen molar-refractivity contribution < 1.29 is 9.59 Å². The summed E-state index contributed by atoms with van der Waals surface area (Å²) in [5, 5.41) is 11.8. The number of carbonyl (C=O) groups excluding carboxylic acids is 2. The van der Waals surface area contributed by atoms with Gasteiger partial charge in [0.05, 0.1) is 6.54 Å². The smallest absolute Gasteiger partial charge is 0.219 e. The summed E-state index contributed by atoms with van der Waals surface area (Å²) in [6, 6.07) is 0. The molecule has 0 radical (unpaired) electrons. The number of dihydropyridines is 1. The molecule has 23 heavy (non-hydrogen) atoms. The standard InChI is InChI=1S/C17H22N4O2/c1-10(22)21-5-4-17(9-21)11-8-18-20-15(11)19-12-6-16(2,3)7-13(23)14(12)17/h19H,4-9H2,1-3H3/t17-/m1/s1. The summed E-state index contributed by atoms with van der Waals surface area (Å²) >= 11 is 0. The van der Waals surface area contributed by atoms with E-state index in [9.17, 15) is 9.59 Å². The van der Waals surface area contributed by atoms with Gasteiger partial charge in [-0.15, -0.1) is 5.11 Å². The van der Waals surface area contributed by atoms with Gasteiger partial charge in [0, 0.05) is 48.7 Å². The van der Waals surface area contributed by atoms with Gasteiger partial charge in [0.2, 0.25) is 5.91 Å². The van der Waals surface area contributed by atoms with E-state index in [-0.39, 0.29) is 22.5 Å². The zero-order valence-corrected chi connectivity index (χ0v) is 13.9. The van der Waals surface area contributed by atoms with Crippen molar-refractivity contribution in [1.29, 1.82) is 0 Å². The molecule has 6 heteroatoms. The Morgan fingerprint density at radius 2 is 2.09 bits per heavy atom. The first-order valence-electron chi connectivity index (χ1n) is 8.23. The van der Waals surface area contributed by atoms with E-state index >= 15 is 0 Å². The molecule has 1 amide bonds. The average Bonchev–Trinajstić information content (AvgIpc) is 3.04. The largest absolute Gasteiger partial charge is 0.342 e. The van der Waals surface area contributed by atoms with Crippen LogP contribution in [-0.2, 0) is 9.59 Å². The minimum atomic E-state index is -0.376. The number of hydrogen-bond donors (Lipinski definition) is 1. The van der Waals surface area contributed by atoms with Crippen LogP contribution in [0.4, 0.5) is 0 Å². The minimum absolute atomic E-state index is 0.0449. The monoisotopic (exact) mass is 314 g/mol. The number of nitrogens with zero attached hydrogens (tertiary/aromatic N) is 3. The fraction of sp³-hybridized carbons (Fsp3) is 0.647. The van der Waals surface area contributed by atoms with Crippen molar-refractivity contribution in [1.82, 2.24) is 10.2 Å². The molecule has 0 aromatic carbocycles. The quantitative estimate of drug-likeness (QED) is 0.744. The lowest BCUT2D eigenvalue weighted by atomic mass is 9.63. The third-order valence-electron chi connectivity index (χ3n) is 5.60. The SMILES string of the molecule is CC(=O)N1CC[C@@]2(C1)C1=C(N=NC1)NC1=C2C(=O)CC(C)(C)C1. The van der Waals surface area contributed by atoms with E-state index in [2.05, 4.69) is 29.4 Å². The molecule has 1 fully saturated rings. The number of likely N-dealkylation sites (tertiary alicyclic amines) is 1. The maximum absolute atomic E-state index is 13.0. The summed E-state index contributed by atoms with van der Waals surface area (Å²) in [5.74, 6) is 1.09. The van der Waals surface area contributed by atoms with Crippen molar-refractivity contribution in [3.8, 4) is 0 Å². The first-order valence-corrected chi connectivity index (χ1v) is 8.23. The summed E-state index contributed by atoms with van der Waals surface area (Å²) in [4.78, 5) is 26.7. The van der Waals surface area contributed by atoms with Crippen LogP contribution >= 0.6 is 0 Å². The van der Waals surface area contributed by atoms with E-state index in [0.717, 1.165) is 35.5 Å². The second-order valence-electron chi connectivity index (χ2n) is 7.92. The Labute approximate surface area is 135 Å². The molecule has 0 aromatic heterocycles. The number of azo groups is 1. The number of rotatable bonds is 0. The highest BCUT2D eigenvalue weighted by Gasteiger charge is 2.54. The van der Waals surface area contributed by atoms with Gasteiger partial charge in [0.25, 0.3) is 0 Å². The van der Waals surface area contributed by atoms with Gasteiger partial charge in [-0.2, -0.15) is 5.11 Å². The molecule has 1 N–H and O–H groups in total. The molecule has 0 saturated carbocycles. The number of allylic oxidation sites excluding steroid dienone is 1. The number of nitrogens with one attached hydrogen (secondary N) is 1. The first-order chi connectivity index (χ1) is 10.8. The number of amides is 1. The lowest BCUT2D eigenvalue weighted by molar-refractivity contribution is -0.128. The zero-order valence-electron chi connectivity index (χ0n) is 13.9. The number of ketones is 1. The van der Waals surface area contributed by atoms with E-state index in [0.29, 0.717) is 26.1 Å². The Morgan fingerprint density at radius 1 is 1.30 bits per heavy atom. The predicted molar refractivity (Wildman–Crippen MR) is 84.2 cm³/mol. The van der Waals surface area contributed by atoms with Crippen LogP contribution in [0, 0.1) is 10.8 Å². The molecule has 1 aliphatic carbocycles. The first kappa shape index (κ1) is 14.6. The summed E-state index contributed by atoms with van der Waals surface area (Å²) in [6.45, 7) is 7.65. The Kier molecular flexibility index (Phi) is 2.87. The van der Waals surface area contributed by atoms with Crippen LogP contribution in [0.3, 0.4) is 0 Å². The molecule has 4 rings (SSSR count). The molecule has 3 heterocycles. The molecule has 1 atom stereocenters. The highest BCUT2D eigenvalue weighted by atomic mass is 16.2. The maximum atomic E-state index is 13.0. The van der Waals surface area contributed by atoms with Crippen LogP contribution in [0.2, 0.25) is 0 Å². The average molecular weight is 314 g/mol. The lowest BCUT2D eigenvalue weighted by Crippen LogP contribution is -2.45. The van der Waals surface area contributed by atoms with Crippen LogP contribution in [0.25, 0.3) is 0 Å². The van der Waals surface area contributed by atoms with Gasteiger partial charge >= 0.3 is 0 Å². The van der Waals surface area contributed by atoms with Crippen molar-refractivity contribution in [3.63, 3.8) is 0 Å². The molecule has 3 aliphatic heterocycles. The van der Waals surface area contributed by atoms with E-state index in [1.165, 1.54) is 0 Å². The molecule has 4 aliphatic rings. The van der Waals surface area contributed by atoms with Gasteiger partial charge < -0.3 is 10.2 Å². The molecule has 0 aromatic rings. The molecule has 6 nitrogen and oxygen atoms in total. The molecule has 1 spiro atoms. The van der Waals surface area contributed by atoms with Crippen LogP contribution < -0.4 is 5.32 Å². The van der Waals surface area contributed by atoms with E-state index < -0.39 is 0 Å². The fourth-order valence-corrected chi connectivity index (χ4v) is 4.60. The van der Waals surface area contributed by atoms with Crippen molar-refractivity contribution in [3.05, 3.63) is 22.7 Å². The third kappa shape index (κ3) is 2.00. The summed E-state index contributed by atoms with van der Waals surface area (Å²) in [5.41, 5.74) is 2.56. The Morgan fingerprint density at radius 3 is 2.78 bits per heavy atom. The molecule has 0 bridgehead atoms. The van der Waals surface area contributed by atoms with Gasteiger partial charge in [-0.3, -0.25) is 9.59 Å². The Hall–Kier alpha value is -1.98. The van der Waals surface area contributed by atoms with Crippen molar-refractivity contribution >= 4 is 11.7 Å². The normalized spacial score (nSPS) is 31.6. The Bertz CT molecular complexity index is 716. The van der Waals surface area contributed by atoms with Gasteiger partial charge in [-0.05, 0) is 18.3 Å². The van der Waals surface area contributed by atoms with Crippen LogP contribution in [0.5, 0.6) is 0 Å². The second-order valence-corrected chi connectivity index (χ2v) is 7.92. The van der Waals surface area contributed by atoms with Crippen LogP contribution in [0.1, 0.15) is 40.0 Å². The van der Waals surface area contributed by atoms with Gasteiger partial charge in [-0.25, -0.2) is 0 Å². The second kappa shape index (κ2) is 4.52. The highest BCUT2D eigenvalue weighted by molar-refractivity contribution is 6.00. The van der Waals surface area contributed by atoms with Gasteiger partial charge in [-0.1, -0.05) is 13.8 Å². The maximum Gasteiger partial charge on any atom is 0.219 e. The Balaban J connectivity index is 1.84. The van der Waals surface area contributed by atoms with E-state index in [4.69, 9.17) is 0 Å². The highest BCUT2D eigenvalue weighted by Crippen LogP contribution is 2.54. The topological polar surface area (TPSA) is 74.1 Å². The predicted octanol–water partition coefficient (Wildman–Crippen LogP) is 2.15. The minimum Gasteiger partial charge on any atom is -0.342 e. The molecule has 122 valence electrons. The third-order valence-corrected chi connectivity index (χ3v) is 5.60. The zero-order chi connectivity index (χ0) is 16.4. The summed E-state index contributed by atoms with van der Waals surface area (Å²) in [7, 11) is 0. The number of Topliss-reactive ketones (excluding diaryl/α,β-unsaturated/α-hetero) is 1. The molecule has 0 unspecified atom stereocenters. The van der Waals surface area contributed by atoms with Gasteiger partial charge in [0.15, 0.2) is 11.6 Å². The van der Waals surface area contributed by atoms with Gasteiger partial charge in [0.1, 0.15) is 0 Å². The van der Waals surface area contributed by atoms with Crippen LogP contribution in [-0.4, -0.2) is 36.2 Å². The number of fused-ring (bicyclic) bond motifs is 2. The lowest BCUT2D eigenvalue weighted by Gasteiger charge is -2.43. The molecular weight excluding hydrogens is 292 g/mol. The molecular formula is C17H22N4O2. The van der Waals surface area contributed by atoms with Crippen molar-refractivity contribution in [2.45, 2.75) is 40.0 Å². The summed E-state index contributed by atoms with van der Waals surface area (Å²) in [6.07, 6.45) is 2.19. The van der Waals surface area contributed by atoms with Crippen molar-refractivity contribution in [2.75, 3.05) is 19.6 Å². The molecule has 1 saturated heterocycles. The van der Waals surface area contributed by atoms with E-state index in [1.807, 2.05) is 4.90 Å². The van der Waals surface area contributed by atoms with E-state index in [1.54, 1.807) is 6.92 Å². The summed E-state index contributed by atoms with van der Waals surface area (Å²) < 4.78 is 0.